The number of benzene rings is 1. The van der Waals surface area contributed by atoms with Gasteiger partial charge in [0.2, 0.25) is 0 Å². The van der Waals surface area contributed by atoms with Crippen molar-refractivity contribution in [2.75, 3.05) is 11.4 Å². The van der Waals surface area contributed by atoms with Gasteiger partial charge in [0.25, 0.3) is 10.0 Å². The van der Waals surface area contributed by atoms with Crippen molar-refractivity contribution in [2.24, 2.45) is 0 Å². The Bertz CT molecular complexity index is 826. The first-order valence-electron chi connectivity index (χ1n) is 6.75. The molecule has 0 spiro atoms. The van der Waals surface area contributed by atoms with Gasteiger partial charge < -0.3 is 4.74 Å². The smallest absolute Gasteiger partial charge is 0.349 e. The van der Waals surface area contributed by atoms with E-state index in [0.29, 0.717) is 12.1 Å². The van der Waals surface area contributed by atoms with E-state index in [1.165, 1.54) is 17.5 Å². The summed E-state index contributed by atoms with van der Waals surface area (Å²) in [5.41, 5.74) is 1.67. The molecular formula is C15H15NO4S2. The molecule has 1 aliphatic rings. The normalized spacial score (nSPS) is 17.4. The Morgan fingerprint density at radius 3 is 2.77 bits per heavy atom. The lowest BCUT2D eigenvalue weighted by Gasteiger charge is -2.24. The second kappa shape index (κ2) is 5.40. The zero-order valence-electron chi connectivity index (χ0n) is 12.1. The summed E-state index contributed by atoms with van der Waals surface area (Å²) in [6.07, 6.45) is 0.660. The average molecular weight is 337 g/mol. The number of fused-ring (bicyclic) bond motifs is 1. The maximum Gasteiger partial charge on any atom is 0.349 e. The molecule has 2 heterocycles. The standard InChI is InChI=1S/C15H15NO4S2/c1-10-9-11-5-3-4-6-12(11)16(10)22(18,19)13-7-8-21-14(13)15(17)20-2/h3-8,10H,9H2,1-2H3/t10-/m1/s1. The van der Waals surface area contributed by atoms with Gasteiger partial charge in [-0.15, -0.1) is 11.3 Å². The third-order valence-electron chi connectivity index (χ3n) is 3.68. The lowest BCUT2D eigenvalue weighted by molar-refractivity contribution is 0.0602. The van der Waals surface area contributed by atoms with Crippen LogP contribution in [0.4, 0.5) is 5.69 Å². The van der Waals surface area contributed by atoms with Gasteiger partial charge in [-0.2, -0.15) is 0 Å². The molecule has 2 aromatic rings. The summed E-state index contributed by atoms with van der Waals surface area (Å²) in [4.78, 5) is 11.9. The third-order valence-corrected chi connectivity index (χ3v) is 6.68. The van der Waals surface area contributed by atoms with Crippen LogP contribution in [0.3, 0.4) is 0 Å². The monoisotopic (exact) mass is 337 g/mol. The SMILES string of the molecule is COC(=O)c1sccc1S(=O)(=O)N1c2ccccc2C[C@H]1C. The number of sulfonamides is 1. The van der Waals surface area contributed by atoms with E-state index in [1.807, 2.05) is 25.1 Å². The molecule has 1 atom stereocenters. The molecule has 5 nitrogen and oxygen atoms in total. The van der Waals surface area contributed by atoms with Crippen molar-refractivity contribution in [3.05, 3.63) is 46.2 Å². The molecule has 116 valence electrons. The van der Waals surface area contributed by atoms with Crippen LogP contribution < -0.4 is 4.31 Å². The van der Waals surface area contributed by atoms with Crippen LogP contribution in [0.15, 0.2) is 40.6 Å². The molecule has 0 N–H and O–H groups in total. The summed E-state index contributed by atoms with van der Waals surface area (Å²) < 4.78 is 32.1. The van der Waals surface area contributed by atoms with Crippen LogP contribution >= 0.6 is 11.3 Å². The van der Waals surface area contributed by atoms with Crippen LogP contribution in [0.2, 0.25) is 0 Å². The van der Waals surface area contributed by atoms with E-state index in [1.54, 1.807) is 11.4 Å². The minimum absolute atomic E-state index is 0.00732. The Kier molecular flexibility index (Phi) is 3.70. The van der Waals surface area contributed by atoms with Gasteiger partial charge in [-0.05, 0) is 36.4 Å². The number of methoxy groups -OCH3 is 1. The fraction of sp³-hybridized carbons (Fsp3) is 0.267. The molecule has 1 aliphatic heterocycles. The van der Waals surface area contributed by atoms with Gasteiger partial charge in [-0.3, -0.25) is 4.31 Å². The highest BCUT2D eigenvalue weighted by atomic mass is 32.2. The predicted octanol–water partition coefficient (Wildman–Crippen LogP) is 2.67. The summed E-state index contributed by atoms with van der Waals surface area (Å²) in [7, 11) is -2.56. The van der Waals surface area contributed by atoms with Gasteiger partial charge in [0.1, 0.15) is 9.77 Å². The van der Waals surface area contributed by atoms with Gasteiger partial charge in [-0.25, -0.2) is 13.2 Å². The number of ether oxygens (including phenoxy) is 1. The first-order valence-corrected chi connectivity index (χ1v) is 9.07. The van der Waals surface area contributed by atoms with Gasteiger partial charge in [0.15, 0.2) is 0 Å². The van der Waals surface area contributed by atoms with Crippen LogP contribution in [0.25, 0.3) is 0 Å². The van der Waals surface area contributed by atoms with Crippen LogP contribution in [-0.2, 0) is 21.2 Å². The Morgan fingerprint density at radius 2 is 2.05 bits per heavy atom. The van der Waals surface area contributed by atoms with Crippen LogP contribution in [0.1, 0.15) is 22.2 Å². The minimum Gasteiger partial charge on any atom is -0.465 e. The highest BCUT2D eigenvalue weighted by Gasteiger charge is 2.38. The number of para-hydroxylation sites is 1. The zero-order chi connectivity index (χ0) is 15.9. The number of esters is 1. The summed E-state index contributed by atoms with van der Waals surface area (Å²) in [5.74, 6) is -0.631. The van der Waals surface area contributed by atoms with Crippen LogP contribution in [-0.4, -0.2) is 27.5 Å². The topological polar surface area (TPSA) is 63.7 Å². The second-order valence-electron chi connectivity index (χ2n) is 5.09. The second-order valence-corrected chi connectivity index (χ2v) is 7.79. The molecular weight excluding hydrogens is 322 g/mol. The number of nitrogens with zero attached hydrogens (tertiary/aromatic N) is 1. The van der Waals surface area contributed by atoms with E-state index in [-0.39, 0.29) is 15.8 Å². The first-order chi connectivity index (χ1) is 10.5. The molecule has 0 radical (unpaired) electrons. The van der Waals surface area contributed by atoms with Crippen molar-refractivity contribution in [1.82, 2.24) is 0 Å². The van der Waals surface area contributed by atoms with E-state index in [4.69, 9.17) is 0 Å². The number of anilines is 1. The third kappa shape index (κ3) is 2.21. The van der Waals surface area contributed by atoms with Crippen molar-refractivity contribution in [3.63, 3.8) is 0 Å². The van der Waals surface area contributed by atoms with Crippen molar-refractivity contribution in [2.45, 2.75) is 24.3 Å². The summed E-state index contributed by atoms with van der Waals surface area (Å²) in [6.45, 7) is 1.86. The number of hydrogen-bond donors (Lipinski definition) is 0. The van der Waals surface area contributed by atoms with Gasteiger partial charge in [0.05, 0.1) is 12.8 Å². The van der Waals surface area contributed by atoms with Crippen molar-refractivity contribution < 1.29 is 17.9 Å². The van der Waals surface area contributed by atoms with Gasteiger partial charge >= 0.3 is 5.97 Å². The average Bonchev–Trinajstić information content (AvgIpc) is 3.10. The summed E-state index contributed by atoms with van der Waals surface area (Å²) in [5, 5.41) is 1.59. The van der Waals surface area contributed by atoms with Crippen molar-refractivity contribution >= 4 is 33.0 Å². The van der Waals surface area contributed by atoms with Crippen molar-refractivity contribution in [3.8, 4) is 0 Å². The summed E-state index contributed by atoms with van der Waals surface area (Å²) >= 11 is 1.07. The zero-order valence-corrected chi connectivity index (χ0v) is 13.8. The predicted molar refractivity (Wildman–Crippen MR) is 84.9 cm³/mol. The van der Waals surface area contributed by atoms with Crippen LogP contribution in [0, 0.1) is 0 Å². The maximum atomic E-state index is 13.0. The Hall–Kier alpha value is -1.86. The number of rotatable bonds is 3. The number of carbonyl (C=O) groups excluding carboxylic acids is 1. The molecule has 0 saturated carbocycles. The van der Waals surface area contributed by atoms with E-state index >= 15 is 0 Å². The highest BCUT2D eigenvalue weighted by molar-refractivity contribution is 7.93. The van der Waals surface area contributed by atoms with E-state index < -0.39 is 16.0 Å². The highest BCUT2D eigenvalue weighted by Crippen LogP contribution is 2.38. The van der Waals surface area contributed by atoms with E-state index in [9.17, 15) is 13.2 Å². The molecule has 22 heavy (non-hydrogen) atoms. The molecule has 0 saturated heterocycles. The molecule has 0 fully saturated rings. The van der Waals surface area contributed by atoms with E-state index in [0.717, 1.165) is 16.9 Å². The molecule has 0 bridgehead atoms. The number of thiophene rings is 1. The molecule has 3 rings (SSSR count). The van der Waals surface area contributed by atoms with E-state index in [2.05, 4.69) is 4.74 Å². The maximum absolute atomic E-state index is 13.0. The molecule has 7 heteroatoms. The Labute approximate surface area is 133 Å². The van der Waals surface area contributed by atoms with Gasteiger partial charge in [0, 0.05) is 6.04 Å². The fourth-order valence-electron chi connectivity index (χ4n) is 2.75. The lowest BCUT2D eigenvalue weighted by atomic mass is 10.1. The van der Waals surface area contributed by atoms with Crippen LogP contribution in [0.5, 0.6) is 0 Å². The molecule has 0 unspecified atom stereocenters. The largest absolute Gasteiger partial charge is 0.465 e. The first kappa shape index (κ1) is 15.1. The lowest BCUT2D eigenvalue weighted by Crippen LogP contribution is -2.36. The number of carbonyl (C=O) groups is 1. The number of hydrogen-bond acceptors (Lipinski definition) is 5. The molecule has 0 amide bonds. The Morgan fingerprint density at radius 1 is 1.32 bits per heavy atom. The molecule has 1 aromatic heterocycles. The fourth-order valence-corrected chi connectivity index (χ4v) is 5.76. The molecule has 0 aliphatic carbocycles. The molecule has 1 aromatic carbocycles. The summed E-state index contributed by atoms with van der Waals surface area (Å²) in [6, 6.07) is 8.70. The Balaban J connectivity index is 2.12. The quantitative estimate of drug-likeness (QED) is 0.808. The van der Waals surface area contributed by atoms with Gasteiger partial charge in [-0.1, -0.05) is 18.2 Å². The minimum atomic E-state index is -3.80. The van der Waals surface area contributed by atoms with Crippen molar-refractivity contribution in [1.29, 1.82) is 0 Å².